The van der Waals surface area contributed by atoms with Gasteiger partial charge in [0.1, 0.15) is 5.69 Å². The predicted molar refractivity (Wildman–Crippen MR) is 65.4 cm³/mol. The molecule has 18 heavy (non-hydrogen) atoms. The van der Waals surface area contributed by atoms with E-state index in [1.54, 1.807) is 0 Å². The number of aromatic nitrogens is 2. The Morgan fingerprint density at radius 2 is 2.28 bits per heavy atom. The highest BCUT2D eigenvalue weighted by Gasteiger charge is 2.18. The first-order valence-electron chi connectivity index (χ1n) is 4.83. The first-order valence-corrected chi connectivity index (χ1v) is 5.20. The maximum absolute atomic E-state index is 13.6. The normalized spacial score (nSPS) is 10.4. The molecule has 0 radical (unpaired) electrons. The fraction of sp³-hybridized carbons (Fsp3) is 0. The van der Waals surface area contributed by atoms with Crippen LogP contribution in [0.15, 0.2) is 30.6 Å². The number of nitrogen functional groups attached to an aromatic ring is 1. The van der Waals surface area contributed by atoms with Gasteiger partial charge in [-0.15, -0.1) is 0 Å². The molecule has 0 aliphatic rings. The summed E-state index contributed by atoms with van der Waals surface area (Å²) in [5.41, 5.74) is 5.50. The summed E-state index contributed by atoms with van der Waals surface area (Å²) in [4.78, 5) is 0. The van der Waals surface area contributed by atoms with E-state index in [0.717, 1.165) is 4.68 Å². The third-order valence-electron chi connectivity index (χ3n) is 2.18. The van der Waals surface area contributed by atoms with Gasteiger partial charge >= 0.3 is 0 Å². The molecule has 2 rings (SSSR count). The van der Waals surface area contributed by atoms with Crippen molar-refractivity contribution in [3.05, 3.63) is 41.4 Å². The van der Waals surface area contributed by atoms with Crippen molar-refractivity contribution in [2.75, 3.05) is 10.8 Å². The molecule has 0 saturated heterocycles. The molecule has 0 unspecified atom stereocenters. The fourth-order valence-corrected chi connectivity index (χ4v) is 1.49. The second kappa shape index (κ2) is 4.63. The van der Waals surface area contributed by atoms with Gasteiger partial charge in [0, 0.05) is 0 Å². The van der Waals surface area contributed by atoms with Gasteiger partial charge in [-0.1, -0.05) is 17.7 Å². The Bertz CT molecular complexity index is 600. The molecular weight excluding hydrogens is 261 g/mol. The molecule has 0 fully saturated rings. The van der Waals surface area contributed by atoms with E-state index in [4.69, 9.17) is 22.7 Å². The second-order valence-electron chi connectivity index (χ2n) is 3.43. The Labute approximate surface area is 106 Å². The zero-order valence-electron chi connectivity index (χ0n) is 9.01. The molecule has 0 saturated carbocycles. The minimum absolute atomic E-state index is 0.153. The first-order chi connectivity index (χ1) is 8.50. The van der Waals surface area contributed by atoms with E-state index in [-0.39, 0.29) is 10.7 Å². The summed E-state index contributed by atoms with van der Waals surface area (Å²) in [5.74, 6) is -1.31. The van der Waals surface area contributed by atoms with Gasteiger partial charge in [-0.25, -0.2) is 9.07 Å². The minimum atomic E-state index is -0.827. The lowest BCUT2D eigenvalue weighted by molar-refractivity contribution is 0.302. The number of nitrogens with one attached hydrogen (secondary N) is 1. The summed E-state index contributed by atoms with van der Waals surface area (Å²) in [6.07, 6.45) is 2.62. The van der Waals surface area contributed by atoms with Crippen LogP contribution >= 0.6 is 11.6 Å². The SMILES string of the molecule is N=C(N(O)c1cccc(Cl)c1F)n1cc(N)cn1. The van der Waals surface area contributed by atoms with Crippen molar-refractivity contribution < 1.29 is 9.60 Å². The van der Waals surface area contributed by atoms with E-state index in [1.807, 2.05) is 0 Å². The smallest absolute Gasteiger partial charge is 0.248 e. The molecule has 0 aliphatic heterocycles. The molecular formula is C10H9ClFN5O. The standard InChI is InChI=1S/C10H9ClFN5O/c11-7-2-1-3-8(9(7)12)17(18)10(14)16-5-6(13)4-15-16/h1-5,14,18H,13H2. The van der Waals surface area contributed by atoms with E-state index >= 15 is 0 Å². The van der Waals surface area contributed by atoms with Gasteiger partial charge < -0.3 is 5.73 Å². The van der Waals surface area contributed by atoms with Gasteiger partial charge in [-0.05, 0) is 12.1 Å². The molecule has 0 atom stereocenters. The van der Waals surface area contributed by atoms with E-state index in [1.165, 1.54) is 30.6 Å². The largest absolute Gasteiger partial charge is 0.396 e. The summed E-state index contributed by atoms with van der Waals surface area (Å²) in [7, 11) is 0. The van der Waals surface area contributed by atoms with Crippen LogP contribution in [-0.2, 0) is 0 Å². The third kappa shape index (κ3) is 2.13. The van der Waals surface area contributed by atoms with Gasteiger partial charge in [0.05, 0.1) is 23.1 Å². The van der Waals surface area contributed by atoms with Crippen molar-refractivity contribution in [1.29, 1.82) is 5.41 Å². The topological polar surface area (TPSA) is 91.2 Å². The number of nitrogens with zero attached hydrogens (tertiary/aromatic N) is 3. The fourth-order valence-electron chi connectivity index (χ4n) is 1.32. The van der Waals surface area contributed by atoms with E-state index in [0.29, 0.717) is 10.8 Å². The maximum Gasteiger partial charge on any atom is 0.248 e. The average molecular weight is 270 g/mol. The van der Waals surface area contributed by atoms with Gasteiger partial charge in [0.2, 0.25) is 5.96 Å². The van der Waals surface area contributed by atoms with E-state index in [2.05, 4.69) is 5.10 Å². The molecule has 1 aromatic heterocycles. The number of hydrogen-bond donors (Lipinski definition) is 3. The van der Waals surface area contributed by atoms with Crippen LogP contribution in [-0.4, -0.2) is 20.9 Å². The van der Waals surface area contributed by atoms with Crippen molar-refractivity contribution >= 4 is 28.9 Å². The summed E-state index contributed by atoms with van der Waals surface area (Å²) >= 11 is 5.59. The molecule has 0 bridgehead atoms. The van der Waals surface area contributed by atoms with Crippen molar-refractivity contribution in [2.45, 2.75) is 0 Å². The number of hydrogen-bond acceptors (Lipinski definition) is 4. The second-order valence-corrected chi connectivity index (χ2v) is 3.83. The number of anilines is 2. The molecule has 0 aliphatic carbocycles. The molecule has 1 heterocycles. The van der Waals surface area contributed by atoms with Crippen LogP contribution in [0, 0.1) is 11.2 Å². The minimum Gasteiger partial charge on any atom is -0.396 e. The Morgan fingerprint density at radius 3 is 2.89 bits per heavy atom. The third-order valence-corrected chi connectivity index (χ3v) is 2.47. The van der Waals surface area contributed by atoms with Gasteiger partial charge in [-0.2, -0.15) is 10.2 Å². The lowest BCUT2D eigenvalue weighted by Crippen LogP contribution is -2.33. The molecule has 0 spiro atoms. The molecule has 0 amide bonds. The van der Waals surface area contributed by atoms with Gasteiger partial charge in [0.25, 0.3) is 0 Å². The molecule has 94 valence electrons. The Hall–Kier alpha value is -2.12. The van der Waals surface area contributed by atoms with Gasteiger partial charge in [-0.3, -0.25) is 10.6 Å². The van der Waals surface area contributed by atoms with Crippen molar-refractivity contribution in [3.63, 3.8) is 0 Å². The average Bonchev–Trinajstić information content (AvgIpc) is 2.77. The molecule has 2 aromatic rings. The molecule has 8 heteroatoms. The quantitative estimate of drug-likeness (QED) is 0.419. The monoisotopic (exact) mass is 269 g/mol. The number of hydroxylamine groups is 1. The summed E-state index contributed by atoms with van der Waals surface area (Å²) in [6.45, 7) is 0. The number of benzene rings is 1. The van der Waals surface area contributed by atoms with Crippen LogP contribution in [0.1, 0.15) is 0 Å². The first kappa shape index (κ1) is 12.3. The van der Waals surface area contributed by atoms with Crippen LogP contribution in [0.25, 0.3) is 0 Å². The maximum atomic E-state index is 13.6. The van der Waals surface area contributed by atoms with E-state index in [9.17, 15) is 9.60 Å². The lowest BCUT2D eigenvalue weighted by atomic mass is 10.3. The van der Waals surface area contributed by atoms with Crippen LogP contribution < -0.4 is 10.8 Å². The summed E-state index contributed by atoms with van der Waals surface area (Å²) < 4.78 is 14.6. The van der Waals surface area contributed by atoms with E-state index < -0.39 is 11.8 Å². The van der Waals surface area contributed by atoms with Crippen LogP contribution in [0.5, 0.6) is 0 Å². The lowest BCUT2D eigenvalue weighted by Gasteiger charge is -2.17. The van der Waals surface area contributed by atoms with Crippen molar-refractivity contribution in [2.24, 2.45) is 0 Å². The zero-order valence-corrected chi connectivity index (χ0v) is 9.76. The Kier molecular flexibility index (Phi) is 3.17. The Balaban J connectivity index is 2.34. The van der Waals surface area contributed by atoms with Crippen LogP contribution in [0.3, 0.4) is 0 Å². The van der Waals surface area contributed by atoms with Crippen LogP contribution in [0.4, 0.5) is 15.8 Å². The Morgan fingerprint density at radius 1 is 1.56 bits per heavy atom. The number of halogens is 2. The zero-order chi connectivity index (χ0) is 13.3. The molecule has 1 aromatic carbocycles. The molecule has 6 nitrogen and oxygen atoms in total. The molecule has 4 N–H and O–H groups in total. The predicted octanol–water partition coefficient (Wildman–Crippen LogP) is 1.94. The van der Waals surface area contributed by atoms with Gasteiger partial charge in [0.15, 0.2) is 5.82 Å². The summed E-state index contributed by atoms with van der Waals surface area (Å²) in [6, 6.07) is 4.07. The van der Waals surface area contributed by atoms with Crippen molar-refractivity contribution in [3.8, 4) is 0 Å². The highest BCUT2D eigenvalue weighted by atomic mass is 35.5. The highest BCUT2D eigenvalue weighted by molar-refractivity contribution is 6.31. The number of rotatable bonds is 1. The van der Waals surface area contributed by atoms with Crippen LogP contribution in [0.2, 0.25) is 5.02 Å². The van der Waals surface area contributed by atoms with Crippen molar-refractivity contribution in [1.82, 2.24) is 9.78 Å². The summed E-state index contributed by atoms with van der Waals surface area (Å²) in [5, 5.41) is 21.3. The highest BCUT2D eigenvalue weighted by Crippen LogP contribution is 2.24. The number of nitrogens with two attached hydrogens (primary N) is 1.